The van der Waals surface area contributed by atoms with Crippen molar-refractivity contribution in [2.24, 2.45) is 15.9 Å². The molecule has 0 fully saturated rings. The largest absolute Gasteiger partial charge is 0.497 e. The third kappa shape index (κ3) is 5.03. The van der Waals surface area contributed by atoms with E-state index in [4.69, 9.17) is 16.3 Å². The Balaban J connectivity index is 1.56. The number of methoxy groups -OCH3 is 1. The number of carbonyl (C=O) groups is 2. The second-order valence-corrected chi connectivity index (χ2v) is 7.89. The third-order valence-corrected chi connectivity index (χ3v) is 5.56. The number of nitrogens with zero attached hydrogens (tertiary/aromatic N) is 3. The highest BCUT2D eigenvalue weighted by Crippen LogP contribution is 2.18. The summed E-state index contributed by atoms with van der Waals surface area (Å²) in [5, 5.41) is 0.662. The van der Waals surface area contributed by atoms with Gasteiger partial charge in [0.2, 0.25) is 0 Å². The van der Waals surface area contributed by atoms with Gasteiger partial charge >= 0.3 is 0 Å². The smallest absolute Gasteiger partial charge is 0.260 e. The number of benzene rings is 2. The number of amidine groups is 1. The Bertz CT molecular complexity index is 1130. The van der Waals surface area contributed by atoms with Gasteiger partial charge in [-0.15, -0.1) is 0 Å². The molecule has 1 unspecified atom stereocenters. The first-order valence-corrected chi connectivity index (χ1v) is 10.6. The molecule has 0 spiro atoms. The standard InChI is InChI=1S/C25H22ClN3O3/c1-32-20-12-8-18(9-13-20)25(31)29(15-14-17-6-10-19(26)11-7-17)16-23-27-22-5-3-2-4-21(22)24(30)28-23/h2-13,21H,14-16H2,1H3. The molecule has 162 valence electrons. The van der Waals surface area contributed by atoms with E-state index in [1.54, 1.807) is 48.4 Å². The van der Waals surface area contributed by atoms with Crippen molar-refractivity contribution in [3.05, 3.63) is 89.0 Å². The highest BCUT2D eigenvalue weighted by molar-refractivity contribution is 6.30. The van der Waals surface area contributed by atoms with Crippen LogP contribution in [0.1, 0.15) is 15.9 Å². The highest BCUT2D eigenvalue weighted by Gasteiger charge is 2.28. The molecule has 7 heteroatoms. The molecule has 0 radical (unpaired) electrons. The maximum atomic E-state index is 13.3. The van der Waals surface area contributed by atoms with Gasteiger partial charge in [0.15, 0.2) is 5.84 Å². The molecular formula is C25H22ClN3O3. The normalized spacial score (nSPS) is 16.8. The topological polar surface area (TPSA) is 71.3 Å². The molecule has 2 amide bonds. The lowest BCUT2D eigenvalue weighted by molar-refractivity contribution is -0.118. The molecule has 2 aliphatic rings. The van der Waals surface area contributed by atoms with E-state index < -0.39 is 5.92 Å². The fraction of sp³-hybridized carbons (Fsp3) is 0.200. The minimum atomic E-state index is -0.441. The number of carbonyl (C=O) groups excluding carboxylic acids is 2. The average Bonchev–Trinajstić information content (AvgIpc) is 2.82. The third-order valence-electron chi connectivity index (χ3n) is 5.30. The van der Waals surface area contributed by atoms with Crippen molar-refractivity contribution in [3.63, 3.8) is 0 Å². The van der Waals surface area contributed by atoms with Crippen LogP contribution >= 0.6 is 11.6 Å². The Labute approximate surface area is 191 Å². The monoisotopic (exact) mass is 447 g/mol. The van der Waals surface area contributed by atoms with Crippen LogP contribution in [0, 0.1) is 5.92 Å². The second-order valence-electron chi connectivity index (χ2n) is 7.46. The zero-order chi connectivity index (χ0) is 22.5. The van der Waals surface area contributed by atoms with Gasteiger partial charge in [0.25, 0.3) is 11.8 Å². The van der Waals surface area contributed by atoms with Crippen LogP contribution in [0.25, 0.3) is 0 Å². The average molecular weight is 448 g/mol. The van der Waals surface area contributed by atoms with Crippen LogP contribution in [0.2, 0.25) is 5.02 Å². The molecule has 0 bridgehead atoms. The minimum Gasteiger partial charge on any atom is -0.497 e. The van der Waals surface area contributed by atoms with Crippen LogP contribution in [0.3, 0.4) is 0 Å². The van der Waals surface area contributed by atoms with Gasteiger partial charge in [-0.3, -0.25) is 9.59 Å². The lowest BCUT2D eigenvalue weighted by atomic mass is 9.96. The number of ether oxygens (including phenoxy) is 1. The number of hydrogen-bond acceptors (Lipinski definition) is 4. The van der Waals surface area contributed by atoms with E-state index >= 15 is 0 Å². The van der Waals surface area contributed by atoms with Crippen LogP contribution in [0.5, 0.6) is 5.75 Å². The Morgan fingerprint density at radius 3 is 2.53 bits per heavy atom. The first-order valence-electron chi connectivity index (χ1n) is 10.3. The molecular weight excluding hydrogens is 426 g/mol. The van der Waals surface area contributed by atoms with Crippen LogP contribution in [0.4, 0.5) is 0 Å². The van der Waals surface area contributed by atoms with Crippen molar-refractivity contribution < 1.29 is 14.3 Å². The maximum Gasteiger partial charge on any atom is 0.260 e. The molecule has 1 aliphatic heterocycles. The Hall–Kier alpha value is -3.51. The fourth-order valence-corrected chi connectivity index (χ4v) is 3.67. The molecule has 4 rings (SSSR count). The van der Waals surface area contributed by atoms with E-state index in [9.17, 15) is 9.59 Å². The highest BCUT2D eigenvalue weighted by atomic mass is 35.5. The minimum absolute atomic E-state index is 0.137. The summed E-state index contributed by atoms with van der Waals surface area (Å²) >= 11 is 5.98. The number of halogens is 1. The van der Waals surface area contributed by atoms with Gasteiger partial charge in [-0.1, -0.05) is 42.0 Å². The molecule has 2 aromatic carbocycles. The van der Waals surface area contributed by atoms with E-state index in [2.05, 4.69) is 9.98 Å². The summed E-state index contributed by atoms with van der Waals surface area (Å²) in [4.78, 5) is 36.1. The number of fused-ring (bicyclic) bond motifs is 1. The van der Waals surface area contributed by atoms with E-state index in [-0.39, 0.29) is 18.4 Å². The number of hydrogen-bond donors (Lipinski definition) is 0. The quantitative estimate of drug-likeness (QED) is 0.640. The van der Waals surface area contributed by atoms with Crippen LogP contribution in [-0.4, -0.2) is 48.5 Å². The number of aliphatic imine (C=N–C) groups is 2. The second kappa shape index (κ2) is 9.75. The lowest BCUT2D eigenvalue weighted by Crippen LogP contribution is -2.39. The fourth-order valence-electron chi connectivity index (χ4n) is 3.54. The molecule has 0 N–H and O–H groups in total. The Kier molecular flexibility index (Phi) is 6.61. The van der Waals surface area contributed by atoms with Gasteiger partial charge < -0.3 is 9.64 Å². The van der Waals surface area contributed by atoms with E-state index in [0.717, 1.165) is 5.56 Å². The van der Waals surface area contributed by atoms with Gasteiger partial charge in [-0.2, -0.15) is 4.99 Å². The molecule has 1 aliphatic carbocycles. The molecule has 0 saturated carbocycles. The number of allylic oxidation sites excluding steroid dienone is 3. The maximum absolute atomic E-state index is 13.3. The molecule has 6 nitrogen and oxygen atoms in total. The number of rotatable bonds is 7. The van der Waals surface area contributed by atoms with Crippen LogP contribution in [0.15, 0.2) is 82.8 Å². The molecule has 0 aromatic heterocycles. The van der Waals surface area contributed by atoms with Crippen LogP contribution < -0.4 is 4.74 Å². The zero-order valence-corrected chi connectivity index (χ0v) is 18.3. The summed E-state index contributed by atoms with van der Waals surface area (Å²) in [5.41, 5.74) is 2.23. The summed E-state index contributed by atoms with van der Waals surface area (Å²) in [6.45, 7) is 0.571. The first kappa shape index (κ1) is 21.7. The van der Waals surface area contributed by atoms with Gasteiger partial charge in [0.1, 0.15) is 11.7 Å². The first-order chi connectivity index (χ1) is 15.5. The predicted molar refractivity (Wildman–Crippen MR) is 126 cm³/mol. The molecule has 1 heterocycles. The van der Waals surface area contributed by atoms with E-state index in [1.807, 2.05) is 36.4 Å². The summed E-state index contributed by atoms with van der Waals surface area (Å²) in [7, 11) is 1.58. The van der Waals surface area contributed by atoms with Crippen molar-refractivity contribution in [3.8, 4) is 5.75 Å². The lowest BCUT2D eigenvalue weighted by Gasteiger charge is -2.25. The summed E-state index contributed by atoms with van der Waals surface area (Å²) < 4.78 is 5.19. The molecule has 1 atom stereocenters. The van der Waals surface area contributed by atoms with Crippen LogP contribution in [-0.2, 0) is 11.2 Å². The summed E-state index contributed by atoms with van der Waals surface area (Å²) in [5.74, 6) is 0.132. The van der Waals surface area contributed by atoms with Crippen molar-refractivity contribution in [2.45, 2.75) is 6.42 Å². The van der Waals surface area contributed by atoms with Crippen molar-refractivity contribution >= 4 is 35.0 Å². The van der Waals surface area contributed by atoms with Gasteiger partial charge in [-0.25, -0.2) is 4.99 Å². The van der Waals surface area contributed by atoms with E-state index in [0.29, 0.717) is 40.8 Å². The van der Waals surface area contributed by atoms with Gasteiger partial charge in [0.05, 0.1) is 19.4 Å². The van der Waals surface area contributed by atoms with Gasteiger partial charge in [-0.05, 0) is 54.5 Å². The number of amides is 2. The van der Waals surface area contributed by atoms with Gasteiger partial charge in [0, 0.05) is 17.1 Å². The molecule has 2 aromatic rings. The Morgan fingerprint density at radius 1 is 1.06 bits per heavy atom. The van der Waals surface area contributed by atoms with Crippen molar-refractivity contribution in [1.29, 1.82) is 0 Å². The summed E-state index contributed by atoms with van der Waals surface area (Å²) in [6.07, 6.45) is 7.87. The zero-order valence-electron chi connectivity index (χ0n) is 17.6. The van der Waals surface area contributed by atoms with Crippen molar-refractivity contribution in [2.75, 3.05) is 20.2 Å². The molecule has 32 heavy (non-hydrogen) atoms. The Morgan fingerprint density at radius 2 is 1.81 bits per heavy atom. The van der Waals surface area contributed by atoms with Crippen molar-refractivity contribution in [1.82, 2.24) is 4.90 Å². The molecule has 0 saturated heterocycles. The summed E-state index contributed by atoms with van der Waals surface area (Å²) in [6, 6.07) is 14.5. The predicted octanol–water partition coefficient (Wildman–Crippen LogP) is 4.16. The van der Waals surface area contributed by atoms with E-state index in [1.165, 1.54) is 0 Å². The SMILES string of the molecule is COc1ccc(C(=O)N(CCc2ccc(Cl)cc2)CC2=NC(=O)C3C=CC=CC3=N2)cc1.